The predicted octanol–water partition coefficient (Wildman–Crippen LogP) is 12.1. The number of aryl methyl sites for hydroxylation is 5. The number of fused-ring (bicyclic) bond motifs is 3. The number of hydrogen-bond acceptors (Lipinski definition) is 3. The lowest BCUT2D eigenvalue weighted by molar-refractivity contribution is 0.481. The maximum atomic E-state index is 6.79. The lowest BCUT2D eigenvalue weighted by Crippen LogP contribution is -2.05. The molecule has 0 fully saturated rings. The van der Waals surface area contributed by atoms with Gasteiger partial charge in [-0.3, -0.25) is 4.57 Å². The first kappa shape index (κ1) is 33.3. The standard InChI is InChI=1S/C45H48N4O/c1-9-11-15-41-45(44-30(6)21-29(5)22-31(44)7)32(8)47-49(41)35-24-34(28(3)4)25-37(26-35)50-36-17-18-39-38-14-12-13-16-40(38)48(42(39)27-36)43-23-33(10-2)19-20-46-43/h12-14,16-28H,9-11,15H2,1-8H3. The molecule has 0 bridgehead atoms. The lowest BCUT2D eigenvalue weighted by Gasteiger charge is -2.17. The average Bonchev–Trinajstić information content (AvgIpc) is 3.60. The zero-order chi connectivity index (χ0) is 35.1. The van der Waals surface area contributed by atoms with Crippen LogP contribution >= 0.6 is 0 Å². The Hall–Kier alpha value is -5.16. The first-order valence-electron chi connectivity index (χ1n) is 18.1. The Kier molecular flexibility index (Phi) is 9.09. The number of pyridine rings is 1. The van der Waals surface area contributed by atoms with Crippen LogP contribution in [0.15, 0.2) is 91.1 Å². The van der Waals surface area contributed by atoms with Gasteiger partial charge in [0, 0.05) is 34.7 Å². The van der Waals surface area contributed by atoms with Crippen LogP contribution < -0.4 is 4.74 Å². The highest BCUT2D eigenvalue weighted by Gasteiger charge is 2.22. The maximum Gasteiger partial charge on any atom is 0.137 e. The molecule has 0 aliphatic rings. The van der Waals surface area contributed by atoms with Gasteiger partial charge in [0.2, 0.25) is 0 Å². The second-order valence-electron chi connectivity index (χ2n) is 14.1. The van der Waals surface area contributed by atoms with Crippen LogP contribution in [0.2, 0.25) is 0 Å². The molecule has 0 radical (unpaired) electrons. The number of aromatic nitrogens is 4. The molecule has 5 nitrogen and oxygen atoms in total. The second-order valence-corrected chi connectivity index (χ2v) is 14.1. The summed E-state index contributed by atoms with van der Waals surface area (Å²) in [6.45, 7) is 17.7. The lowest BCUT2D eigenvalue weighted by atomic mass is 9.91. The summed E-state index contributed by atoms with van der Waals surface area (Å²) in [6.07, 6.45) is 6.03. The topological polar surface area (TPSA) is 44.9 Å². The molecule has 0 atom stereocenters. The zero-order valence-electron chi connectivity index (χ0n) is 30.8. The molecule has 0 saturated heterocycles. The van der Waals surface area contributed by atoms with Crippen LogP contribution in [0, 0.1) is 27.7 Å². The third-order valence-electron chi connectivity index (χ3n) is 10.0. The number of para-hydroxylation sites is 1. The summed E-state index contributed by atoms with van der Waals surface area (Å²) in [7, 11) is 0. The fraction of sp³-hybridized carbons (Fsp3) is 0.289. The van der Waals surface area contributed by atoms with E-state index in [1.54, 1.807) is 0 Å². The minimum atomic E-state index is 0.316. The summed E-state index contributed by atoms with van der Waals surface area (Å²) in [6, 6.07) is 30.4. The Morgan fingerprint density at radius 3 is 2.24 bits per heavy atom. The number of nitrogens with zero attached hydrogens (tertiary/aromatic N) is 4. The molecule has 0 N–H and O–H groups in total. The molecule has 50 heavy (non-hydrogen) atoms. The van der Waals surface area contributed by atoms with Crippen molar-refractivity contribution in [2.45, 2.75) is 87.0 Å². The van der Waals surface area contributed by atoms with Crippen LogP contribution in [0.3, 0.4) is 0 Å². The molecule has 0 amide bonds. The van der Waals surface area contributed by atoms with Gasteiger partial charge in [-0.25, -0.2) is 9.67 Å². The summed E-state index contributed by atoms with van der Waals surface area (Å²) in [4.78, 5) is 4.81. The highest BCUT2D eigenvalue weighted by atomic mass is 16.5. The van der Waals surface area contributed by atoms with E-state index in [1.807, 2.05) is 6.20 Å². The highest BCUT2D eigenvalue weighted by molar-refractivity contribution is 6.09. The van der Waals surface area contributed by atoms with Gasteiger partial charge in [-0.2, -0.15) is 5.10 Å². The summed E-state index contributed by atoms with van der Waals surface area (Å²) >= 11 is 0. The average molecular weight is 661 g/mol. The summed E-state index contributed by atoms with van der Waals surface area (Å²) in [5.41, 5.74) is 14.5. The molecule has 5 heteroatoms. The minimum absolute atomic E-state index is 0.316. The Balaban J connectivity index is 1.36. The van der Waals surface area contributed by atoms with E-state index in [0.717, 1.165) is 65.4 Å². The van der Waals surface area contributed by atoms with Gasteiger partial charge in [-0.15, -0.1) is 0 Å². The molecule has 7 rings (SSSR count). The van der Waals surface area contributed by atoms with E-state index in [-0.39, 0.29) is 0 Å². The second kappa shape index (κ2) is 13.6. The van der Waals surface area contributed by atoms with Crippen molar-refractivity contribution in [2.24, 2.45) is 0 Å². The van der Waals surface area contributed by atoms with Gasteiger partial charge < -0.3 is 4.74 Å². The van der Waals surface area contributed by atoms with Crippen LogP contribution in [0.1, 0.15) is 85.7 Å². The predicted molar refractivity (Wildman–Crippen MR) is 209 cm³/mol. The molecule has 0 saturated carbocycles. The van der Waals surface area contributed by atoms with E-state index < -0.39 is 0 Å². The number of ether oxygens (including phenoxy) is 1. The van der Waals surface area contributed by atoms with Gasteiger partial charge in [0.25, 0.3) is 0 Å². The van der Waals surface area contributed by atoms with Crippen molar-refractivity contribution >= 4 is 21.8 Å². The maximum absolute atomic E-state index is 6.79. The largest absolute Gasteiger partial charge is 0.457 e. The van der Waals surface area contributed by atoms with Crippen molar-refractivity contribution in [3.8, 4) is 34.1 Å². The molecule has 3 heterocycles. The monoisotopic (exact) mass is 660 g/mol. The third-order valence-corrected chi connectivity index (χ3v) is 10.0. The van der Waals surface area contributed by atoms with E-state index in [2.05, 4.69) is 150 Å². The van der Waals surface area contributed by atoms with Gasteiger partial charge >= 0.3 is 0 Å². The molecular formula is C45H48N4O. The van der Waals surface area contributed by atoms with Crippen molar-refractivity contribution in [1.82, 2.24) is 19.3 Å². The van der Waals surface area contributed by atoms with Gasteiger partial charge in [-0.1, -0.05) is 70.0 Å². The Bertz CT molecular complexity index is 2330. The summed E-state index contributed by atoms with van der Waals surface area (Å²) in [5.74, 6) is 2.82. The van der Waals surface area contributed by atoms with Gasteiger partial charge in [-0.05, 0) is 123 Å². The minimum Gasteiger partial charge on any atom is -0.457 e. The number of hydrogen-bond donors (Lipinski definition) is 0. The van der Waals surface area contributed by atoms with Crippen LogP contribution in [-0.2, 0) is 12.8 Å². The Labute approximate surface area is 296 Å². The molecule has 254 valence electrons. The molecule has 0 aliphatic heterocycles. The fourth-order valence-electron chi connectivity index (χ4n) is 7.58. The quantitative estimate of drug-likeness (QED) is 0.147. The molecule has 7 aromatic rings. The third kappa shape index (κ3) is 6.10. The molecule has 3 aromatic heterocycles. The van der Waals surface area contributed by atoms with E-state index in [1.165, 1.54) is 55.4 Å². The van der Waals surface area contributed by atoms with Gasteiger partial charge in [0.1, 0.15) is 17.3 Å². The summed E-state index contributed by atoms with van der Waals surface area (Å²) in [5, 5.41) is 7.61. The van der Waals surface area contributed by atoms with Crippen molar-refractivity contribution in [3.05, 3.63) is 130 Å². The van der Waals surface area contributed by atoms with Gasteiger partial charge in [0.05, 0.1) is 28.1 Å². The van der Waals surface area contributed by atoms with Crippen molar-refractivity contribution in [3.63, 3.8) is 0 Å². The van der Waals surface area contributed by atoms with E-state index in [4.69, 9.17) is 14.8 Å². The highest BCUT2D eigenvalue weighted by Crippen LogP contribution is 2.39. The Morgan fingerprint density at radius 2 is 1.50 bits per heavy atom. The fourth-order valence-corrected chi connectivity index (χ4v) is 7.58. The van der Waals surface area contributed by atoms with Crippen LogP contribution in [-0.4, -0.2) is 19.3 Å². The van der Waals surface area contributed by atoms with Crippen LogP contribution in [0.5, 0.6) is 11.5 Å². The van der Waals surface area contributed by atoms with E-state index >= 15 is 0 Å². The Morgan fingerprint density at radius 1 is 0.740 bits per heavy atom. The number of benzene rings is 4. The van der Waals surface area contributed by atoms with Crippen molar-refractivity contribution < 1.29 is 4.74 Å². The van der Waals surface area contributed by atoms with Crippen molar-refractivity contribution in [1.29, 1.82) is 0 Å². The molecular weight excluding hydrogens is 613 g/mol. The molecule has 0 spiro atoms. The van der Waals surface area contributed by atoms with Crippen LogP contribution in [0.25, 0.3) is 44.4 Å². The smallest absolute Gasteiger partial charge is 0.137 e. The molecule has 4 aromatic carbocycles. The zero-order valence-corrected chi connectivity index (χ0v) is 30.8. The first-order chi connectivity index (χ1) is 24.2. The SMILES string of the molecule is CCCCc1c(-c2c(C)cc(C)cc2C)c(C)nn1-c1cc(Oc2ccc3c4ccccc4n(-c4cc(CC)ccn4)c3c2)cc(C(C)C)c1. The van der Waals surface area contributed by atoms with E-state index in [0.29, 0.717) is 5.92 Å². The molecule has 0 unspecified atom stereocenters. The number of unbranched alkanes of at least 4 members (excludes halogenated alkanes) is 1. The number of rotatable bonds is 10. The van der Waals surface area contributed by atoms with Gasteiger partial charge in [0.15, 0.2) is 0 Å². The summed E-state index contributed by atoms with van der Waals surface area (Å²) < 4.78 is 11.2. The van der Waals surface area contributed by atoms with E-state index in [9.17, 15) is 0 Å². The molecule has 0 aliphatic carbocycles. The first-order valence-corrected chi connectivity index (χ1v) is 18.1. The van der Waals surface area contributed by atoms with Crippen molar-refractivity contribution in [2.75, 3.05) is 0 Å². The normalized spacial score (nSPS) is 11.7. The van der Waals surface area contributed by atoms with Crippen LogP contribution in [0.4, 0.5) is 0 Å².